The van der Waals surface area contributed by atoms with Crippen LogP contribution in [0.3, 0.4) is 0 Å². The number of urea groups is 1. The molecule has 0 aromatic carbocycles. The van der Waals surface area contributed by atoms with Gasteiger partial charge in [0.15, 0.2) is 0 Å². The first-order valence-electron chi connectivity index (χ1n) is 1.79. The predicted octanol–water partition coefficient (Wildman–Crippen LogP) is 0.608. The Morgan fingerprint density at radius 3 is 2.29 bits per heavy atom. The van der Waals surface area contributed by atoms with Crippen molar-refractivity contribution in [1.82, 2.24) is 8.43 Å². The fourth-order valence-corrected chi connectivity index (χ4v) is 0.395. The van der Waals surface area contributed by atoms with Crippen LogP contribution in [0.4, 0.5) is 4.79 Å². The maximum Gasteiger partial charge on any atom is 0.325 e. The molecule has 0 aliphatic carbocycles. The molecule has 0 heterocycles. The predicted molar refractivity (Wildman–Crippen MR) is 36.2 cm³/mol. The van der Waals surface area contributed by atoms with Gasteiger partial charge in [-0.25, -0.2) is 4.79 Å². The van der Waals surface area contributed by atoms with E-state index in [1.165, 1.54) is 3.11 Å². The van der Waals surface area contributed by atoms with Crippen LogP contribution in [0.25, 0.3) is 0 Å². The summed E-state index contributed by atoms with van der Waals surface area (Å²) in [7, 11) is 3.27. The highest BCUT2D eigenvalue weighted by Crippen LogP contribution is 1.90. The number of amides is 2. The van der Waals surface area contributed by atoms with Crippen molar-refractivity contribution in [3.05, 3.63) is 0 Å². The van der Waals surface area contributed by atoms with Crippen LogP contribution < -0.4 is 5.32 Å². The molecule has 2 amide bonds. The molecular formula is C3H7IN2O. The van der Waals surface area contributed by atoms with Gasteiger partial charge >= 0.3 is 6.03 Å². The molecule has 0 aliphatic heterocycles. The Balaban J connectivity index is 3.35. The van der Waals surface area contributed by atoms with Crippen LogP contribution in [0.15, 0.2) is 0 Å². The summed E-state index contributed by atoms with van der Waals surface area (Å²) < 4.78 is 1.44. The second-order valence-electron chi connectivity index (χ2n) is 1.03. The summed E-state index contributed by atoms with van der Waals surface area (Å²) in [5.41, 5.74) is 0. The molecule has 0 spiro atoms. The first-order valence-corrected chi connectivity index (χ1v) is 2.76. The van der Waals surface area contributed by atoms with Crippen LogP contribution in [0, 0.1) is 0 Å². The molecule has 7 heavy (non-hydrogen) atoms. The van der Waals surface area contributed by atoms with E-state index in [0.717, 1.165) is 0 Å². The van der Waals surface area contributed by atoms with Gasteiger partial charge in [-0.1, -0.05) is 0 Å². The molecule has 4 heteroatoms. The molecule has 0 saturated heterocycles. The maximum atomic E-state index is 10.3. The molecule has 0 bridgehead atoms. The summed E-state index contributed by atoms with van der Waals surface area (Å²) in [5, 5.41) is 2.44. The van der Waals surface area contributed by atoms with Crippen molar-refractivity contribution in [2.45, 2.75) is 0 Å². The summed E-state index contributed by atoms with van der Waals surface area (Å²) in [4.78, 5) is 10.3. The lowest BCUT2D eigenvalue weighted by atomic mass is 11.0. The van der Waals surface area contributed by atoms with Gasteiger partial charge < -0.3 is 5.32 Å². The lowest BCUT2D eigenvalue weighted by molar-refractivity contribution is 0.235. The lowest BCUT2D eigenvalue weighted by Crippen LogP contribution is -2.27. The van der Waals surface area contributed by atoms with Gasteiger partial charge in [0.25, 0.3) is 0 Å². The second-order valence-corrected chi connectivity index (χ2v) is 2.48. The summed E-state index contributed by atoms with van der Waals surface area (Å²) in [5.74, 6) is 0. The Bertz CT molecular complexity index is 73.3. The molecular weight excluding hydrogens is 207 g/mol. The number of rotatable bonds is 0. The molecule has 0 aliphatic rings. The van der Waals surface area contributed by atoms with Crippen LogP contribution in [0.2, 0.25) is 0 Å². The minimum Gasteiger partial charge on any atom is -0.340 e. The van der Waals surface area contributed by atoms with E-state index in [1.54, 1.807) is 14.1 Å². The van der Waals surface area contributed by atoms with Crippen molar-refractivity contribution in [2.75, 3.05) is 14.1 Å². The summed E-state index contributed by atoms with van der Waals surface area (Å²) in [6.45, 7) is 0. The van der Waals surface area contributed by atoms with Gasteiger partial charge in [-0.2, -0.15) is 0 Å². The van der Waals surface area contributed by atoms with Gasteiger partial charge in [0.05, 0.1) is 22.9 Å². The molecule has 0 radical (unpaired) electrons. The number of nitrogens with zero attached hydrogens (tertiary/aromatic N) is 1. The van der Waals surface area contributed by atoms with Crippen LogP contribution >= 0.6 is 22.9 Å². The van der Waals surface area contributed by atoms with E-state index in [2.05, 4.69) is 5.32 Å². The average molecular weight is 214 g/mol. The number of halogens is 1. The molecule has 3 nitrogen and oxygen atoms in total. The highest BCUT2D eigenvalue weighted by molar-refractivity contribution is 14.1. The zero-order valence-electron chi connectivity index (χ0n) is 4.23. The van der Waals surface area contributed by atoms with Gasteiger partial charge in [-0.15, -0.1) is 0 Å². The molecule has 42 valence electrons. The standard InChI is InChI=1S/C3H7IN2O/c1-5-3(7)6(2)4/h1-2H3,(H,5,7). The van der Waals surface area contributed by atoms with Gasteiger partial charge in [-0.05, 0) is 0 Å². The van der Waals surface area contributed by atoms with E-state index >= 15 is 0 Å². The molecule has 0 rings (SSSR count). The zero-order chi connectivity index (χ0) is 5.86. The first-order chi connectivity index (χ1) is 3.18. The SMILES string of the molecule is CNC(=O)N(C)I. The summed E-state index contributed by atoms with van der Waals surface area (Å²) in [6, 6.07) is -0.0828. The number of carbonyl (C=O) groups is 1. The topological polar surface area (TPSA) is 32.3 Å². The van der Waals surface area contributed by atoms with Gasteiger partial charge in [-0.3, -0.25) is 3.11 Å². The number of carbonyl (C=O) groups excluding carboxylic acids is 1. The fraction of sp³-hybridized carbons (Fsp3) is 0.667. The highest BCUT2D eigenvalue weighted by Gasteiger charge is 1.96. The smallest absolute Gasteiger partial charge is 0.325 e. The largest absolute Gasteiger partial charge is 0.340 e. The number of hydrogen-bond donors (Lipinski definition) is 1. The first kappa shape index (κ1) is 7.00. The van der Waals surface area contributed by atoms with E-state index in [0.29, 0.717) is 0 Å². The fourth-order valence-electron chi connectivity index (χ4n) is 0.154. The third-order valence-electron chi connectivity index (χ3n) is 0.494. The molecule has 0 aromatic heterocycles. The summed E-state index contributed by atoms with van der Waals surface area (Å²) >= 11 is 1.89. The highest BCUT2D eigenvalue weighted by atomic mass is 127. The number of hydrogen-bond acceptors (Lipinski definition) is 1. The Morgan fingerprint density at radius 1 is 1.86 bits per heavy atom. The van der Waals surface area contributed by atoms with E-state index in [1.807, 2.05) is 22.9 Å². The van der Waals surface area contributed by atoms with Crippen molar-refractivity contribution >= 4 is 28.9 Å². The molecule has 0 atom stereocenters. The molecule has 0 saturated carbocycles. The number of nitrogens with one attached hydrogen (secondary N) is 1. The molecule has 0 aromatic rings. The van der Waals surface area contributed by atoms with Crippen molar-refractivity contribution in [2.24, 2.45) is 0 Å². The third kappa shape index (κ3) is 2.67. The van der Waals surface area contributed by atoms with Crippen molar-refractivity contribution in [3.63, 3.8) is 0 Å². The van der Waals surface area contributed by atoms with Crippen LogP contribution in [-0.2, 0) is 0 Å². The Hall–Kier alpha value is 0. The minimum absolute atomic E-state index is 0.0828. The molecule has 1 N–H and O–H groups in total. The molecule has 0 fully saturated rings. The van der Waals surface area contributed by atoms with Crippen LogP contribution in [0.5, 0.6) is 0 Å². The molecule has 0 unspecified atom stereocenters. The van der Waals surface area contributed by atoms with E-state index in [4.69, 9.17) is 0 Å². The van der Waals surface area contributed by atoms with Crippen LogP contribution in [0.1, 0.15) is 0 Å². The Labute approximate surface area is 56.6 Å². The van der Waals surface area contributed by atoms with Crippen molar-refractivity contribution in [1.29, 1.82) is 0 Å². The van der Waals surface area contributed by atoms with E-state index < -0.39 is 0 Å². The quantitative estimate of drug-likeness (QED) is 0.465. The zero-order valence-corrected chi connectivity index (χ0v) is 6.39. The van der Waals surface area contributed by atoms with Crippen LogP contribution in [-0.4, -0.2) is 23.2 Å². The minimum atomic E-state index is -0.0828. The van der Waals surface area contributed by atoms with Gasteiger partial charge in [0.2, 0.25) is 0 Å². The normalized spacial score (nSPS) is 7.86. The van der Waals surface area contributed by atoms with Gasteiger partial charge in [0.1, 0.15) is 0 Å². The third-order valence-corrected chi connectivity index (χ3v) is 0.932. The summed E-state index contributed by atoms with van der Waals surface area (Å²) in [6.07, 6.45) is 0. The van der Waals surface area contributed by atoms with E-state index in [-0.39, 0.29) is 6.03 Å². The van der Waals surface area contributed by atoms with Crippen molar-refractivity contribution in [3.8, 4) is 0 Å². The average Bonchev–Trinajstić information content (AvgIpc) is 1.65. The monoisotopic (exact) mass is 214 g/mol. The van der Waals surface area contributed by atoms with E-state index in [9.17, 15) is 4.79 Å². The maximum absolute atomic E-state index is 10.3. The van der Waals surface area contributed by atoms with Crippen molar-refractivity contribution < 1.29 is 4.79 Å². The Morgan fingerprint density at radius 2 is 2.29 bits per heavy atom. The Kier molecular flexibility index (Phi) is 3.06. The second kappa shape index (κ2) is 3.06. The van der Waals surface area contributed by atoms with Gasteiger partial charge in [0, 0.05) is 14.1 Å². The lowest BCUT2D eigenvalue weighted by Gasteiger charge is -2.03.